The predicted molar refractivity (Wildman–Crippen MR) is 203 cm³/mol. The lowest BCUT2D eigenvalue weighted by molar-refractivity contribution is 0.669. The zero-order chi connectivity index (χ0) is 33.0. The third-order valence-electron chi connectivity index (χ3n) is 9.47. The van der Waals surface area contributed by atoms with Gasteiger partial charge in [-0.3, -0.25) is 0 Å². The number of para-hydroxylation sites is 1. The highest BCUT2D eigenvalue weighted by atomic mass is 16.3. The summed E-state index contributed by atoms with van der Waals surface area (Å²) in [4.78, 5) is 14.8. The van der Waals surface area contributed by atoms with Crippen LogP contribution in [0.25, 0.3) is 94.6 Å². The molecule has 0 saturated carbocycles. The van der Waals surface area contributed by atoms with Gasteiger partial charge in [-0.15, -0.1) is 0 Å². The topological polar surface area (TPSA) is 56.7 Å². The SMILES string of the molecule is c1ccc(-c2nc(-c3ccccc3)nc(-c3ccc4oc5ccc(-c6cn(-c7ccccc7)c7ccc8ccccc8c67)cc5c4c3)n2)cc1. The highest BCUT2D eigenvalue weighted by Crippen LogP contribution is 2.40. The number of hydrogen-bond donors (Lipinski definition) is 0. The summed E-state index contributed by atoms with van der Waals surface area (Å²) in [5, 5.41) is 5.73. The van der Waals surface area contributed by atoms with Crippen molar-refractivity contribution in [3.63, 3.8) is 0 Å². The van der Waals surface area contributed by atoms with Gasteiger partial charge >= 0.3 is 0 Å². The third-order valence-corrected chi connectivity index (χ3v) is 9.47. The number of nitrogens with zero attached hydrogens (tertiary/aromatic N) is 4. The molecule has 10 rings (SSSR count). The molecule has 0 bridgehead atoms. The van der Waals surface area contributed by atoms with Crippen LogP contribution in [0.3, 0.4) is 0 Å². The number of aromatic nitrogens is 4. The molecule has 10 aromatic rings. The van der Waals surface area contributed by atoms with Crippen molar-refractivity contribution in [2.45, 2.75) is 0 Å². The van der Waals surface area contributed by atoms with Gasteiger partial charge in [0.25, 0.3) is 0 Å². The first-order valence-corrected chi connectivity index (χ1v) is 16.7. The van der Waals surface area contributed by atoms with E-state index in [0.717, 1.165) is 49.9 Å². The maximum atomic E-state index is 6.39. The third kappa shape index (κ3) is 4.67. The molecular formula is C45H28N4O. The van der Waals surface area contributed by atoms with Crippen molar-refractivity contribution in [3.8, 4) is 51.0 Å². The molecule has 3 aromatic heterocycles. The van der Waals surface area contributed by atoms with Gasteiger partial charge in [0.15, 0.2) is 17.5 Å². The zero-order valence-corrected chi connectivity index (χ0v) is 26.9. The van der Waals surface area contributed by atoms with Crippen molar-refractivity contribution in [1.29, 1.82) is 0 Å². The van der Waals surface area contributed by atoms with Crippen LogP contribution >= 0.6 is 0 Å². The number of rotatable bonds is 5. The molecule has 50 heavy (non-hydrogen) atoms. The van der Waals surface area contributed by atoms with Gasteiger partial charge < -0.3 is 8.98 Å². The Morgan fingerprint density at radius 1 is 0.420 bits per heavy atom. The molecule has 5 heteroatoms. The highest BCUT2D eigenvalue weighted by Gasteiger charge is 2.18. The van der Waals surface area contributed by atoms with Crippen LogP contribution in [0.4, 0.5) is 0 Å². The molecule has 0 unspecified atom stereocenters. The number of benzene rings is 7. The second-order valence-electron chi connectivity index (χ2n) is 12.5. The largest absolute Gasteiger partial charge is 0.456 e. The van der Waals surface area contributed by atoms with Gasteiger partial charge in [-0.1, -0.05) is 115 Å². The summed E-state index contributed by atoms with van der Waals surface area (Å²) in [5.74, 6) is 1.88. The van der Waals surface area contributed by atoms with E-state index in [-0.39, 0.29) is 0 Å². The molecule has 5 nitrogen and oxygen atoms in total. The molecule has 7 aromatic carbocycles. The molecule has 3 heterocycles. The molecule has 0 amide bonds. The Kier molecular flexibility index (Phi) is 6.42. The van der Waals surface area contributed by atoms with Gasteiger partial charge in [-0.25, -0.2) is 15.0 Å². The van der Waals surface area contributed by atoms with Gasteiger partial charge in [0, 0.05) is 50.3 Å². The maximum Gasteiger partial charge on any atom is 0.164 e. The summed E-state index contributed by atoms with van der Waals surface area (Å²) in [6.07, 6.45) is 2.27. The maximum absolute atomic E-state index is 6.39. The van der Waals surface area contributed by atoms with Crippen molar-refractivity contribution in [2.24, 2.45) is 0 Å². The second-order valence-corrected chi connectivity index (χ2v) is 12.5. The van der Waals surface area contributed by atoms with E-state index in [1.54, 1.807) is 0 Å². The van der Waals surface area contributed by atoms with Crippen molar-refractivity contribution in [3.05, 3.63) is 170 Å². The van der Waals surface area contributed by atoms with Crippen LogP contribution in [0.2, 0.25) is 0 Å². The summed E-state index contributed by atoms with van der Waals surface area (Å²) in [6.45, 7) is 0. The van der Waals surface area contributed by atoms with E-state index < -0.39 is 0 Å². The highest BCUT2D eigenvalue weighted by molar-refractivity contribution is 6.16. The minimum Gasteiger partial charge on any atom is -0.456 e. The van der Waals surface area contributed by atoms with E-state index in [0.29, 0.717) is 17.5 Å². The van der Waals surface area contributed by atoms with Gasteiger partial charge in [-0.05, 0) is 64.9 Å². The monoisotopic (exact) mass is 640 g/mol. The molecule has 0 saturated heterocycles. The normalized spacial score (nSPS) is 11.6. The first-order chi connectivity index (χ1) is 24.8. The summed E-state index contributed by atoms with van der Waals surface area (Å²) in [5.41, 5.74) is 9.02. The first kappa shape index (κ1) is 28.2. The zero-order valence-electron chi connectivity index (χ0n) is 26.9. The summed E-state index contributed by atoms with van der Waals surface area (Å²) >= 11 is 0. The average molecular weight is 641 g/mol. The molecule has 0 N–H and O–H groups in total. The van der Waals surface area contributed by atoms with Crippen LogP contribution in [-0.4, -0.2) is 19.5 Å². The average Bonchev–Trinajstić information content (AvgIpc) is 3.77. The van der Waals surface area contributed by atoms with Crippen LogP contribution < -0.4 is 0 Å². The quantitative estimate of drug-likeness (QED) is 0.188. The Labute approximate surface area is 287 Å². The van der Waals surface area contributed by atoms with E-state index in [1.165, 1.54) is 27.2 Å². The van der Waals surface area contributed by atoms with Crippen LogP contribution in [0.1, 0.15) is 0 Å². The Morgan fingerprint density at radius 3 is 1.62 bits per heavy atom. The lowest BCUT2D eigenvalue weighted by Gasteiger charge is -2.08. The van der Waals surface area contributed by atoms with Crippen molar-refractivity contribution in [1.82, 2.24) is 19.5 Å². The van der Waals surface area contributed by atoms with E-state index >= 15 is 0 Å². The summed E-state index contributed by atoms with van der Waals surface area (Å²) < 4.78 is 8.69. The van der Waals surface area contributed by atoms with Crippen LogP contribution in [0, 0.1) is 0 Å². The van der Waals surface area contributed by atoms with Gasteiger partial charge in [-0.2, -0.15) is 0 Å². The molecule has 0 aliphatic carbocycles. The van der Waals surface area contributed by atoms with Crippen molar-refractivity contribution < 1.29 is 4.42 Å². The fraction of sp³-hybridized carbons (Fsp3) is 0. The Hall–Kier alpha value is -6.85. The minimum absolute atomic E-state index is 0.613. The second kappa shape index (κ2) is 11.4. The minimum atomic E-state index is 0.613. The molecular weight excluding hydrogens is 613 g/mol. The number of furan rings is 1. The van der Waals surface area contributed by atoms with Crippen LogP contribution in [0.15, 0.2) is 174 Å². The van der Waals surface area contributed by atoms with Crippen LogP contribution in [0.5, 0.6) is 0 Å². The van der Waals surface area contributed by atoms with E-state index in [9.17, 15) is 0 Å². The summed E-state index contributed by atoms with van der Waals surface area (Å²) in [6, 6.07) is 56.4. The molecule has 0 spiro atoms. The fourth-order valence-electron chi connectivity index (χ4n) is 7.05. The van der Waals surface area contributed by atoms with E-state index in [1.807, 2.05) is 72.8 Å². The molecule has 0 atom stereocenters. The lowest BCUT2D eigenvalue weighted by atomic mass is 9.98. The Balaban J connectivity index is 1.17. The lowest BCUT2D eigenvalue weighted by Crippen LogP contribution is -2.00. The van der Waals surface area contributed by atoms with Gasteiger partial charge in [0.1, 0.15) is 11.2 Å². The molecule has 0 aliphatic heterocycles. The van der Waals surface area contributed by atoms with E-state index in [4.69, 9.17) is 19.4 Å². The van der Waals surface area contributed by atoms with Gasteiger partial charge in [0.05, 0.1) is 5.52 Å². The number of hydrogen-bond acceptors (Lipinski definition) is 4. The smallest absolute Gasteiger partial charge is 0.164 e. The summed E-state index contributed by atoms with van der Waals surface area (Å²) in [7, 11) is 0. The van der Waals surface area contributed by atoms with Crippen LogP contribution in [-0.2, 0) is 0 Å². The standard InChI is InChI=1S/C45H28N4O/c1-4-13-30(14-5-1)43-46-44(31-15-6-2-7-16-31)48-45(47-43)33-22-25-41-37(27-33)36-26-32(21-24-40(36)50-41)38-28-49(34-17-8-3-9-18-34)39-23-20-29-12-10-11-19-35(29)42(38)39/h1-28H. The molecule has 0 aliphatic rings. The first-order valence-electron chi connectivity index (χ1n) is 16.7. The van der Waals surface area contributed by atoms with Crippen molar-refractivity contribution in [2.75, 3.05) is 0 Å². The molecule has 0 fully saturated rings. The number of fused-ring (bicyclic) bond motifs is 6. The molecule has 0 radical (unpaired) electrons. The van der Waals surface area contributed by atoms with E-state index in [2.05, 4.69) is 102 Å². The predicted octanol–water partition coefficient (Wildman–Crippen LogP) is 11.5. The van der Waals surface area contributed by atoms with Gasteiger partial charge in [0.2, 0.25) is 0 Å². The Morgan fingerprint density at radius 2 is 0.960 bits per heavy atom. The Bertz CT molecular complexity index is 2800. The molecule has 234 valence electrons. The van der Waals surface area contributed by atoms with Crippen molar-refractivity contribution >= 4 is 43.6 Å². The fourth-order valence-corrected chi connectivity index (χ4v) is 7.05.